The lowest BCUT2D eigenvalue weighted by Crippen LogP contribution is -2.37. The Morgan fingerprint density at radius 1 is 1.29 bits per heavy atom. The SMILES string of the molecule is CC(=O)Nc1cccc(CNC(=O)NC[C@@H](C)c2nc(C)cs2)c1. The zero-order valence-electron chi connectivity index (χ0n) is 14.1. The molecule has 2 rings (SSSR count). The van der Waals surface area contributed by atoms with Crippen LogP contribution in [0.5, 0.6) is 0 Å². The minimum Gasteiger partial charge on any atom is -0.337 e. The van der Waals surface area contributed by atoms with Crippen LogP contribution in [0, 0.1) is 6.92 Å². The van der Waals surface area contributed by atoms with Crippen molar-refractivity contribution in [1.29, 1.82) is 0 Å². The van der Waals surface area contributed by atoms with Gasteiger partial charge < -0.3 is 16.0 Å². The highest BCUT2D eigenvalue weighted by Gasteiger charge is 2.11. The lowest BCUT2D eigenvalue weighted by Gasteiger charge is -2.12. The molecule has 6 nitrogen and oxygen atoms in total. The Morgan fingerprint density at radius 2 is 2.08 bits per heavy atom. The van der Waals surface area contributed by atoms with Crippen LogP contribution < -0.4 is 16.0 Å². The smallest absolute Gasteiger partial charge is 0.315 e. The lowest BCUT2D eigenvalue weighted by atomic mass is 10.2. The van der Waals surface area contributed by atoms with Gasteiger partial charge in [-0.1, -0.05) is 19.1 Å². The van der Waals surface area contributed by atoms with Gasteiger partial charge in [0.05, 0.1) is 5.01 Å². The second kappa shape index (κ2) is 8.44. The molecule has 0 bridgehead atoms. The Morgan fingerprint density at radius 3 is 2.75 bits per heavy atom. The number of nitrogens with zero attached hydrogens (tertiary/aromatic N) is 1. The van der Waals surface area contributed by atoms with E-state index in [0.29, 0.717) is 13.1 Å². The maximum absolute atomic E-state index is 11.9. The molecule has 3 N–H and O–H groups in total. The van der Waals surface area contributed by atoms with Gasteiger partial charge >= 0.3 is 6.03 Å². The van der Waals surface area contributed by atoms with Gasteiger partial charge in [-0.2, -0.15) is 0 Å². The highest BCUT2D eigenvalue weighted by Crippen LogP contribution is 2.18. The first-order valence-corrected chi connectivity index (χ1v) is 8.62. The van der Waals surface area contributed by atoms with Crippen molar-refractivity contribution in [1.82, 2.24) is 15.6 Å². The van der Waals surface area contributed by atoms with Gasteiger partial charge in [-0.3, -0.25) is 4.79 Å². The molecule has 2 aromatic rings. The number of carbonyl (C=O) groups is 2. The Kier molecular flexibility index (Phi) is 6.31. The van der Waals surface area contributed by atoms with Crippen molar-refractivity contribution in [2.45, 2.75) is 33.2 Å². The van der Waals surface area contributed by atoms with Crippen LogP contribution in [0.4, 0.5) is 10.5 Å². The van der Waals surface area contributed by atoms with Crippen molar-refractivity contribution in [2.75, 3.05) is 11.9 Å². The number of thiazole rings is 1. The fourth-order valence-corrected chi connectivity index (χ4v) is 3.00. The molecule has 0 radical (unpaired) electrons. The zero-order valence-corrected chi connectivity index (χ0v) is 14.9. The molecular formula is C17H22N4O2S. The average Bonchev–Trinajstić information content (AvgIpc) is 2.97. The number of amides is 3. The van der Waals surface area contributed by atoms with E-state index < -0.39 is 0 Å². The maximum Gasteiger partial charge on any atom is 0.315 e. The van der Waals surface area contributed by atoms with E-state index in [4.69, 9.17) is 0 Å². The van der Waals surface area contributed by atoms with Crippen molar-refractivity contribution >= 4 is 29.0 Å². The molecule has 0 aliphatic carbocycles. The van der Waals surface area contributed by atoms with Crippen molar-refractivity contribution in [3.63, 3.8) is 0 Å². The van der Waals surface area contributed by atoms with Crippen LogP contribution in [0.3, 0.4) is 0 Å². The number of urea groups is 1. The van der Waals surface area contributed by atoms with E-state index in [1.807, 2.05) is 43.5 Å². The van der Waals surface area contributed by atoms with Crippen molar-refractivity contribution in [3.05, 3.63) is 45.9 Å². The summed E-state index contributed by atoms with van der Waals surface area (Å²) >= 11 is 1.61. The molecule has 1 heterocycles. The van der Waals surface area contributed by atoms with Crippen molar-refractivity contribution in [2.24, 2.45) is 0 Å². The molecule has 0 unspecified atom stereocenters. The van der Waals surface area contributed by atoms with Crippen LogP contribution in [0.1, 0.15) is 36.0 Å². The lowest BCUT2D eigenvalue weighted by molar-refractivity contribution is -0.114. The summed E-state index contributed by atoms with van der Waals surface area (Å²) in [6.07, 6.45) is 0. The van der Waals surface area contributed by atoms with Gasteiger partial charge in [0.1, 0.15) is 0 Å². The van der Waals surface area contributed by atoms with Gasteiger partial charge in [0.2, 0.25) is 5.91 Å². The first-order chi connectivity index (χ1) is 11.4. The summed E-state index contributed by atoms with van der Waals surface area (Å²) in [5.41, 5.74) is 2.64. The fourth-order valence-electron chi connectivity index (χ4n) is 2.14. The van der Waals surface area contributed by atoms with E-state index in [1.165, 1.54) is 6.92 Å². The van der Waals surface area contributed by atoms with Gasteiger partial charge in [0.25, 0.3) is 0 Å². The monoisotopic (exact) mass is 346 g/mol. The summed E-state index contributed by atoms with van der Waals surface area (Å²) in [7, 11) is 0. The number of nitrogens with one attached hydrogen (secondary N) is 3. The normalized spacial score (nSPS) is 11.6. The minimum atomic E-state index is -0.222. The number of rotatable bonds is 6. The molecule has 1 aromatic heterocycles. The minimum absolute atomic E-state index is 0.121. The highest BCUT2D eigenvalue weighted by atomic mass is 32.1. The Bertz CT molecular complexity index is 714. The molecule has 3 amide bonds. The summed E-state index contributed by atoms with van der Waals surface area (Å²) in [6, 6.07) is 7.16. The van der Waals surface area contributed by atoms with Crippen LogP contribution in [-0.2, 0) is 11.3 Å². The van der Waals surface area contributed by atoms with Crippen LogP contribution >= 0.6 is 11.3 Å². The number of hydrogen-bond acceptors (Lipinski definition) is 4. The maximum atomic E-state index is 11.9. The number of anilines is 1. The van der Waals surface area contributed by atoms with E-state index in [1.54, 1.807) is 11.3 Å². The molecule has 0 aliphatic rings. The van der Waals surface area contributed by atoms with Gasteiger partial charge in [-0.25, -0.2) is 9.78 Å². The Labute approximate surface area is 145 Å². The third-order valence-electron chi connectivity index (χ3n) is 3.33. The van der Waals surface area contributed by atoms with Gasteiger partial charge in [0.15, 0.2) is 0 Å². The molecule has 128 valence electrons. The van der Waals surface area contributed by atoms with Gasteiger partial charge in [-0.05, 0) is 24.6 Å². The largest absolute Gasteiger partial charge is 0.337 e. The molecule has 1 aromatic carbocycles. The molecule has 0 spiro atoms. The zero-order chi connectivity index (χ0) is 17.5. The first-order valence-electron chi connectivity index (χ1n) is 7.74. The number of benzene rings is 1. The van der Waals surface area contributed by atoms with Crippen molar-refractivity contribution < 1.29 is 9.59 Å². The second-order valence-corrected chi connectivity index (χ2v) is 6.56. The third-order valence-corrected chi connectivity index (χ3v) is 4.52. The van der Waals surface area contributed by atoms with Crippen LogP contribution in [0.2, 0.25) is 0 Å². The highest BCUT2D eigenvalue weighted by molar-refractivity contribution is 7.09. The molecule has 24 heavy (non-hydrogen) atoms. The van der Waals surface area contributed by atoms with Crippen LogP contribution in [0.25, 0.3) is 0 Å². The Hall–Kier alpha value is -2.41. The molecule has 1 atom stereocenters. The summed E-state index contributed by atoms with van der Waals surface area (Å²) in [6.45, 7) is 6.38. The van der Waals surface area contributed by atoms with E-state index in [9.17, 15) is 9.59 Å². The van der Waals surface area contributed by atoms with E-state index in [0.717, 1.165) is 22.0 Å². The number of hydrogen-bond donors (Lipinski definition) is 3. The van der Waals surface area contributed by atoms with E-state index in [-0.39, 0.29) is 17.9 Å². The van der Waals surface area contributed by atoms with Crippen LogP contribution in [0.15, 0.2) is 29.6 Å². The number of aromatic nitrogens is 1. The van der Waals surface area contributed by atoms with E-state index >= 15 is 0 Å². The van der Waals surface area contributed by atoms with Gasteiger partial charge in [0, 0.05) is 42.7 Å². The average molecular weight is 346 g/mol. The molecular weight excluding hydrogens is 324 g/mol. The quantitative estimate of drug-likeness (QED) is 0.752. The van der Waals surface area contributed by atoms with E-state index in [2.05, 4.69) is 20.9 Å². The Balaban J connectivity index is 1.77. The third kappa shape index (κ3) is 5.66. The summed E-state index contributed by atoms with van der Waals surface area (Å²) in [5.74, 6) is 0.0572. The predicted octanol–water partition coefficient (Wildman–Crippen LogP) is 3.01. The summed E-state index contributed by atoms with van der Waals surface area (Å²) in [5, 5.41) is 11.4. The second-order valence-electron chi connectivity index (χ2n) is 5.67. The number of carbonyl (C=O) groups excluding carboxylic acids is 2. The molecule has 0 saturated carbocycles. The first kappa shape index (κ1) is 17.9. The van der Waals surface area contributed by atoms with Crippen LogP contribution in [-0.4, -0.2) is 23.5 Å². The topological polar surface area (TPSA) is 83.1 Å². The fraction of sp³-hybridized carbons (Fsp3) is 0.353. The molecule has 0 fully saturated rings. The molecule has 7 heteroatoms. The summed E-state index contributed by atoms with van der Waals surface area (Å²) < 4.78 is 0. The standard InChI is InChI=1S/C17H22N4O2S/c1-11(16-20-12(2)10-24-16)8-18-17(23)19-9-14-5-4-6-15(7-14)21-13(3)22/h4-7,10-11H,8-9H2,1-3H3,(H,21,22)(H2,18,19,23)/t11-/m1/s1. The van der Waals surface area contributed by atoms with Gasteiger partial charge in [-0.15, -0.1) is 11.3 Å². The molecule has 0 saturated heterocycles. The predicted molar refractivity (Wildman–Crippen MR) is 96.3 cm³/mol. The summed E-state index contributed by atoms with van der Waals surface area (Å²) in [4.78, 5) is 27.4. The molecule has 0 aliphatic heterocycles. The van der Waals surface area contributed by atoms with Crippen molar-refractivity contribution in [3.8, 4) is 0 Å². The number of aryl methyl sites for hydroxylation is 1.